The minimum absolute atomic E-state index is 0.129. The summed E-state index contributed by atoms with van der Waals surface area (Å²) in [4.78, 5) is 25.0. The highest BCUT2D eigenvalue weighted by Gasteiger charge is 2.11. The van der Waals surface area contributed by atoms with E-state index < -0.39 is 0 Å². The van der Waals surface area contributed by atoms with Crippen molar-refractivity contribution in [2.45, 2.75) is 13.5 Å². The number of hydrogen-bond acceptors (Lipinski definition) is 3. The molecule has 0 saturated carbocycles. The molecule has 26 heavy (non-hydrogen) atoms. The van der Waals surface area contributed by atoms with E-state index in [1.165, 1.54) is 4.68 Å². The fraction of sp³-hybridized carbons (Fsp3) is 0.150. The number of rotatable bonds is 3. The Morgan fingerprint density at radius 1 is 1.12 bits per heavy atom. The Morgan fingerprint density at radius 3 is 2.69 bits per heavy atom. The van der Waals surface area contributed by atoms with Crippen molar-refractivity contribution >= 4 is 33.3 Å². The Labute approximate surface area is 149 Å². The Kier molecular flexibility index (Phi) is 3.80. The summed E-state index contributed by atoms with van der Waals surface area (Å²) < 4.78 is 3.21. The van der Waals surface area contributed by atoms with Gasteiger partial charge in [0, 0.05) is 29.8 Å². The third-order valence-electron chi connectivity index (χ3n) is 4.52. The van der Waals surface area contributed by atoms with Crippen LogP contribution >= 0.6 is 0 Å². The summed E-state index contributed by atoms with van der Waals surface area (Å²) in [5.41, 5.74) is 2.17. The number of anilines is 1. The van der Waals surface area contributed by atoms with Crippen LogP contribution in [0.2, 0.25) is 0 Å². The average molecular weight is 346 g/mol. The van der Waals surface area contributed by atoms with Crippen LogP contribution in [0.5, 0.6) is 0 Å². The molecule has 0 aliphatic heterocycles. The first-order chi connectivity index (χ1) is 12.5. The molecule has 1 N–H and O–H groups in total. The number of nitrogens with zero attached hydrogens (tertiary/aromatic N) is 3. The highest BCUT2D eigenvalue weighted by atomic mass is 16.2. The number of aryl methyl sites for hydroxylation is 2. The van der Waals surface area contributed by atoms with Gasteiger partial charge in [-0.3, -0.25) is 9.59 Å². The van der Waals surface area contributed by atoms with E-state index in [2.05, 4.69) is 10.4 Å². The summed E-state index contributed by atoms with van der Waals surface area (Å²) in [5.74, 6) is -0.289. The average Bonchev–Trinajstić information content (AvgIpc) is 3.00. The van der Waals surface area contributed by atoms with Crippen LogP contribution in [0.15, 0.2) is 59.5 Å². The minimum Gasteiger partial charge on any atom is -0.350 e. The molecule has 6 heteroatoms. The molecule has 0 saturated heterocycles. The van der Waals surface area contributed by atoms with Gasteiger partial charge in [0.1, 0.15) is 6.54 Å². The molecule has 2 heterocycles. The lowest BCUT2D eigenvalue weighted by Gasteiger charge is -2.10. The molecule has 0 bridgehead atoms. The van der Waals surface area contributed by atoms with Crippen LogP contribution in [-0.2, 0) is 18.4 Å². The van der Waals surface area contributed by atoms with Crippen LogP contribution in [-0.4, -0.2) is 20.3 Å². The molecule has 2 aromatic carbocycles. The predicted molar refractivity (Wildman–Crippen MR) is 102 cm³/mol. The van der Waals surface area contributed by atoms with Crippen LogP contribution < -0.4 is 10.9 Å². The maximum Gasteiger partial charge on any atom is 0.275 e. The fourth-order valence-corrected chi connectivity index (χ4v) is 3.19. The van der Waals surface area contributed by atoms with Crippen molar-refractivity contribution in [3.05, 3.63) is 70.8 Å². The van der Waals surface area contributed by atoms with Gasteiger partial charge in [-0.25, -0.2) is 4.68 Å². The number of benzene rings is 2. The molecule has 6 nitrogen and oxygen atoms in total. The Hall–Kier alpha value is -3.41. The molecule has 0 unspecified atom stereocenters. The second-order valence-electron chi connectivity index (χ2n) is 6.34. The first-order valence-electron chi connectivity index (χ1n) is 8.34. The van der Waals surface area contributed by atoms with E-state index in [1.807, 2.05) is 67.2 Å². The zero-order valence-corrected chi connectivity index (χ0v) is 14.6. The van der Waals surface area contributed by atoms with Gasteiger partial charge < -0.3 is 9.88 Å². The van der Waals surface area contributed by atoms with Crippen LogP contribution in [0, 0.1) is 6.92 Å². The van der Waals surface area contributed by atoms with Crippen LogP contribution in [0.25, 0.3) is 21.7 Å². The summed E-state index contributed by atoms with van der Waals surface area (Å²) in [6.07, 6.45) is 1.97. The van der Waals surface area contributed by atoms with E-state index in [9.17, 15) is 9.59 Å². The van der Waals surface area contributed by atoms with E-state index in [4.69, 9.17) is 0 Å². The van der Waals surface area contributed by atoms with Crippen molar-refractivity contribution in [1.29, 1.82) is 0 Å². The zero-order valence-electron chi connectivity index (χ0n) is 14.6. The molecule has 0 aliphatic carbocycles. The number of hydrogen-bond donors (Lipinski definition) is 1. The summed E-state index contributed by atoms with van der Waals surface area (Å²) in [5, 5.41) is 9.60. The molecule has 130 valence electrons. The van der Waals surface area contributed by atoms with Gasteiger partial charge in [0.15, 0.2) is 0 Å². The van der Waals surface area contributed by atoms with Gasteiger partial charge in [0.05, 0.1) is 11.1 Å². The van der Waals surface area contributed by atoms with Crippen LogP contribution in [0.3, 0.4) is 0 Å². The molecule has 0 aliphatic rings. The summed E-state index contributed by atoms with van der Waals surface area (Å²) in [6.45, 7) is 1.70. The second-order valence-corrected chi connectivity index (χ2v) is 6.34. The Bertz CT molecular complexity index is 1200. The summed E-state index contributed by atoms with van der Waals surface area (Å²) in [6, 6.07) is 15.0. The molecular formula is C20H18N4O2. The van der Waals surface area contributed by atoms with E-state index in [0.29, 0.717) is 11.1 Å². The zero-order chi connectivity index (χ0) is 18.3. The van der Waals surface area contributed by atoms with Gasteiger partial charge in [-0.1, -0.05) is 24.3 Å². The van der Waals surface area contributed by atoms with Crippen molar-refractivity contribution in [2.24, 2.45) is 7.05 Å². The van der Waals surface area contributed by atoms with E-state index in [-0.39, 0.29) is 18.0 Å². The molecule has 0 radical (unpaired) electrons. The van der Waals surface area contributed by atoms with Crippen molar-refractivity contribution in [2.75, 3.05) is 5.32 Å². The summed E-state index contributed by atoms with van der Waals surface area (Å²) >= 11 is 0. The topological polar surface area (TPSA) is 68.9 Å². The first-order valence-corrected chi connectivity index (χ1v) is 8.34. The van der Waals surface area contributed by atoms with Crippen molar-refractivity contribution in [3.8, 4) is 0 Å². The van der Waals surface area contributed by atoms with Gasteiger partial charge in [-0.2, -0.15) is 5.10 Å². The van der Waals surface area contributed by atoms with Crippen LogP contribution in [0.1, 0.15) is 5.69 Å². The maximum atomic E-state index is 12.6. The lowest BCUT2D eigenvalue weighted by atomic mass is 10.1. The van der Waals surface area contributed by atoms with Gasteiger partial charge in [0.25, 0.3) is 5.56 Å². The van der Waals surface area contributed by atoms with E-state index in [0.717, 1.165) is 22.0 Å². The standard InChI is InChI=1S/C20H18N4O2/c1-13-16-5-3-4-6-17(16)20(26)24(22-13)12-19(25)21-15-8-7-14-9-10-23(2)18(14)11-15/h3-11H,12H2,1-2H3,(H,21,25). The van der Waals surface area contributed by atoms with Gasteiger partial charge in [0.2, 0.25) is 5.91 Å². The van der Waals surface area contributed by atoms with Crippen molar-refractivity contribution in [3.63, 3.8) is 0 Å². The SMILES string of the molecule is Cc1nn(CC(=O)Nc2ccc3ccn(C)c3c2)c(=O)c2ccccc12. The quantitative estimate of drug-likeness (QED) is 0.620. The van der Waals surface area contributed by atoms with E-state index in [1.54, 1.807) is 6.07 Å². The second kappa shape index (κ2) is 6.15. The lowest BCUT2D eigenvalue weighted by Crippen LogP contribution is -2.30. The van der Waals surface area contributed by atoms with Crippen LogP contribution in [0.4, 0.5) is 5.69 Å². The lowest BCUT2D eigenvalue weighted by molar-refractivity contribution is -0.117. The molecule has 2 aromatic heterocycles. The Morgan fingerprint density at radius 2 is 1.88 bits per heavy atom. The number of fused-ring (bicyclic) bond motifs is 2. The first kappa shape index (κ1) is 16.1. The third kappa shape index (κ3) is 2.75. The molecule has 4 rings (SSSR count). The van der Waals surface area contributed by atoms with Gasteiger partial charge in [-0.05, 0) is 36.6 Å². The Balaban J connectivity index is 1.61. The molecule has 1 amide bonds. The number of carbonyl (C=O) groups excluding carboxylic acids is 1. The van der Waals surface area contributed by atoms with Crippen molar-refractivity contribution < 1.29 is 4.79 Å². The number of amides is 1. The minimum atomic E-state index is -0.289. The number of aromatic nitrogens is 3. The van der Waals surface area contributed by atoms with E-state index >= 15 is 0 Å². The highest BCUT2D eigenvalue weighted by Crippen LogP contribution is 2.19. The maximum absolute atomic E-state index is 12.6. The van der Waals surface area contributed by atoms with Crippen molar-refractivity contribution in [1.82, 2.24) is 14.3 Å². The van der Waals surface area contributed by atoms with Gasteiger partial charge >= 0.3 is 0 Å². The molecule has 0 fully saturated rings. The fourth-order valence-electron chi connectivity index (χ4n) is 3.19. The largest absolute Gasteiger partial charge is 0.350 e. The molecular weight excluding hydrogens is 328 g/mol. The molecule has 4 aromatic rings. The third-order valence-corrected chi connectivity index (χ3v) is 4.52. The number of carbonyl (C=O) groups is 1. The smallest absolute Gasteiger partial charge is 0.275 e. The number of nitrogens with one attached hydrogen (secondary N) is 1. The highest BCUT2D eigenvalue weighted by molar-refractivity contribution is 5.94. The normalized spacial score (nSPS) is 11.2. The predicted octanol–water partition coefficient (Wildman–Crippen LogP) is 2.84. The molecule has 0 atom stereocenters. The molecule has 0 spiro atoms. The van der Waals surface area contributed by atoms with Gasteiger partial charge in [-0.15, -0.1) is 0 Å². The summed E-state index contributed by atoms with van der Waals surface area (Å²) in [7, 11) is 1.95. The monoisotopic (exact) mass is 346 g/mol.